The monoisotopic (exact) mass is 333 g/mol. The third-order valence-corrected chi connectivity index (χ3v) is 6.15. The summed E-state index contributed by atoms with van der Waals surface area (Å²) in [6.07, 6.45) is 6.33. The number of nitrogens with one attached hydrogen (secondary N) is 1. The number of fused-ring (bicyclic) bond motifs is 1. The molecule has 1 aliphatic heterocycles. The van der Waals surface area contributed by atoms with E-state index in [-0.39, 0.29) is 5.25 Å². The van der Waals surface area contributed by atoms with Crippen LogP contribution in [0.1, 0.15) is 32.3 Å². The zero-order chi connectivity index (χ0) is 16.4. The number of rotatable bonds is 6. The normalized spacial score (nSPS) is 18.5. The molecule has 0 aromatic heterocycles. The molecule has 5 nitrogen and oxygen atoms in total. The van der Waals surface area contributed by atoms with Crippen molar-refractivity contribution in [2.24, 2.45) is 4.99 Å². The Bertz CT molecular complexity index is 749. The number of aliphatic imine (C=N–C) groups is 1. The van der Waals surface area contributed by atoms with Gasteiger partial charge in [-0.05, 0) is 50.8 Å². The Labute approximate surface area is 138 Å². The van der Waals surface area contributed by atoms with Crippen molar-refractivity contribution in [3.63, 3.8) is 0 Å². The van der Waals surface area contributed by atoms with E-state index in [0.29, 0.717) is 5.69 Å². The number of allylic oxidation sites excluding steroid dienone is 1. The molecule has 6 heteroatoms. The molecule has 0 bridgehead atoms. The van der Waals surface area contributed by atoms with Gasteiger partial charge in [0.15, 0.2) is 0 Å². The highest BCUT2D eigenvalue weighted by Crippen LogP contribution is 2.34. The lowest BCUT2D eigenvalue weighted by atomic mass is 10.1. The van der Waals surface area contributed by atoms with Crippen LogP contribution in [0.3, 0.4) is 0 Å². The van der Waals surface area contributed by atoms with Crippen LogP contribution < -0.4 is 9.62 Å². The van der Waals surface area contributed by atoms with Crippen molar-refractivity contribution in [3.05, 3.63) is 35.5 Å². The number of hydrogen-bond acceptors (Lipinski definition) is 4. The molecule has 1 fully saturated rings. The van der Waals surface area contributed by atoms with Crippen molar-refractivity contribution in [2.75, 3.05) is 22.7 Å². The number of benzene rings is 1. The quantitative estimate of drug-likeness (QED) is 0.814. The second-order valence-corrected chi connectivity index (χ2v) is 7.99. The van der Waals surface area contributed by atoms with E-state index < -0.39 is 10.0 Å². The Morgan fingerprint density at radius 2 is 2.17 bits per heavy atom. The first kappa shape index (κ1) is 16.1. The van der Waals surface area contributed by atoms with Crippen LogP contribution in [0.2, 0.25) is 0 Å². The highest BCUT2D eigenvalue weighted by molar-refractivity contribution is 7.93. The van der Waals surface area contributed by atoms with Gasteiger partial charge in [0, 0.05) is 18.4 Å². The molecule has 0 radical (unpaired) electrons. The minimum atomic E-state index is -3.21. The van der Waals surface area contributed by atoms with Gasteiger partial charge in [-0.3, -0.25) is 9.71 Å². The van der Waals surface area contributed by atoms with Crippen molar-refractivity contribution in [1.29, 1.82) is 0 Å². The first-order valence-electron chi connectivity index (χ1n) is 8.07. The first-order valence-corrected chi connectivity index (χ1v) is 9.61. The molecule has 1 saturated carbocycles. The van der Waals surface area contributed by atoms with E-state index >= 15 is 0 Å². The third-order valence-electron chi connectivity index (χ3n) is 4.28. The number of nitrogens with zero attached hydrogens (tertiary/aromatic N) is 2. The predicted octanol–water partition coefficient (Wildman–Crippen LogP) is 2.95. The summed E-state index contributed by atoms with van der Waals surface area (Å²) >= 11 is 0. The summed E-state index contributed by atoms with van der Waals surface area (Å²) in [6, 6.07) is 5.84. The maximum absolute atomic E-state index is 12.1. The second-order valence-electron chi connectivity index (χ2n) is 6.03. The van der Waals surface area contributed by atoms with Gasteiger partial charge < -0.3 is 4.90 Å². The highest BCUT2D eigenvalue weighted by atomic mass is 32.2. The molecule has 0 atom stereocenters. The summed E-state index contributed by atoms with van der Waals surface area (Å²) in [7, 11) is -3.21. The molecule has 0 unspecified atom stereocenters. The largest absolute Gasteiger partial charge is 0.365 e. The van der Waals surface area contributed by atoms with Crippen molar-refractivity contribution < 1.29 is 8.42 Å². The molecular formula is C17H23N3O2S. The Balaban J connectivity index is 1.80. The van der Waals surface area contributed by atoms with Crippen LogP contribution >= 0.6 is 0 Å². The van der Waals surface area contributed by atoms with Crippen LogP contribution in [0.4, 0.5) is 11.4 Å². The molecule has 0 amide bonds. The highest BCUT2D eigenvalue weighted by Gasteiger charge is 2.35. The SMILES string of the molecule is CC=N/C(=C\C)CN1CCc2ccc(NS(=O)(=O)C3CC3)cc21. The van der Waals surface area contributed by atoms with Gasteiger partial charge in [0.1, 0.15) is 0 Å². The summed E-state index contributed by atoms with van der Waals surface area (Å²) in [5.41, 5.74) is 4.04. The van der Waals surface area contributed by atoms with Gasteiger partial charge in [0.05, 0.1) is 23.2 Å². The molecule has 23 heavy (non-hydrogen) atoms. The molecule has 1 N–H and O–H groups in total. The van der Waals surface area contributed by atoms with Gasteiger partial charge in [-0.2, -0.15) is 0 Å². The Hall–Kier alpha value is -1.82. The fourth-order valence-electron chi connectivity index (χ4n) is 2.87. The molecule has 3 rings (SSSR count). The van der Waals surface area contributed by atoms with E-state index in [1.807, 2.05) is 38.1 Å². The van der Waals surface area contributed by atoms with Crippen LogP contribution in [0.5, 0.6) is 0 Å². The molecule has 2 aliphatic rings. The molecule has 1 heterocycles. The Morgan fingerprint density at radius 1 is 1.39 bits per heavy atom. The lowest BCUT2D eigenvalue weighted by Crippen LogP contribution is -2.23. The van der Waals surface area contributed by atoms with Crippen LogP contribution in [-0.4, -0.2) is 33.0 Å². The molecule has 0 saturated heterocycles. The zero-order valence-corrected chi connectivity index (χ0v) is 14.4. The second kappa shape index (κ2) is 6.35. The molecule has 1 aromatic rings. The lowest BCUT2D eigenvalue weighted by Gasteiger charge is -2.20. The average molecular weight is 333 g/mol. The van der Waals surface area contributed by atoms with Gasteiger partial charge >= 0.3 is 0 Å². The first-order chi connectivity index (χ1) is 11.0. The molecular weight excluding hydrogens is 310 g/mol. The maximum atomic E-state index is 12.1. The maximum Gasteiger partial charge on any atom is 0.235 e. The Kier molecular flexibility index (Phi) is 4.43. The number of anilines is 2. The van der Waals surface area contributed by atoms with Crippen LogP contribution in [0.15, 0.2) is 35.0 Å². The summed E-state index contributed by atoms with van der Waals surface area (Å²) in [5, 5.41) is -0.208. The van der Waals surface area contributed by atoms with E-state index in [4.69, 9.17) is 0 Å². The van der Waals surface area contributed by atoms with E-state index in [1.165, 1.54) is 5.56 Å². The zero-order valence-electron chi connectivity index (χ0n) is 13.6. The summed E-state index contributed by atoms with van der Waals surface area (Å²) < 4.78 is 26.9. The lowest BCUT2D eigenvalue weighted by molar-refractivity contribution is 0.600. The molecule has 1 aliphatic carbocycles. The standard InChI is InChI=1S/C17H23N3O2S/c1-3-14(18-4-2)12-20-10-9-13-5-6-15(11-17(13)20)19-23(21,22)16-7-8-16/h3-6,11,16,19H,7-10,12H2,1-2H3/b14-3-,18-4?. The minimum absolute atomic E-state index is 0.208. The average Bonchev–Trinajstić information content (AvgIpc) is 3.31. The molecule has 0 spiro atoms. The Morgan fingerprint density at radius 3 is 2.83 bits per heavy atom. The molecule has 124 valence electrons. The van der Waals surface area contributed by atoms with Gasteiger partial charge in [0.2, 0.25) is 10.0 Å². The fourth-order valence-corrected chi connectivity index (χ4v) is 4.25. The van der Waals surface area contributed by atoms with E-state index in [9.17, 15) is 8.42 Å². The predicted molar refractivity (Wildman–Crippen MR) is 95.8 cm³/mol. The van der Waals surface area contributed by atoms with E-state index in [0.717, 1.165) is 43.7 Å². The fraction of sp³-hybridized carbons (Fsp3) is 0.471. The smallest absolute Gasteiger partial charge is 0.235 e. The van der Waals surface area contributed by atoms with Gasteiger partial charge in [-0.1, -0.05) is 12.1 Å². The van der Waals surface area contributed by atoms with E-state index in [2.05, 4.69) is 14.6 Å². The van der Waals surface area contributed by atoms with Crippen molar-refractivity contribution in [2.45, 2.75) is 38.4 Å². The number of sulfonamides is 1. The number of hydrogen-bond donors (Lipinski definition) is 1. The minimum Gasteiger partial charge on any atom is -0.365 e. The summed E-state index contributed by atoms with van der Waals surface area (Å²) in [4.78, 5) is 6.63. The van der Waals surface area contributed by atoms with Gasteiger partial charge in [-0.25, -0.2) is 8.42 Å². The van der Waals surface area contributed by atoms with E-state index in [1.54, 1.807) is 6.21 Å². The van der Waals surface area contributed by atoms with Crippen molar-refractivity contribution >= 4 is 27.6 Å². The summed E-state index contributed by atoms with van der Waals surface area (Å²) in [5.74, 6) is 0. The molecule has 1 aromatic carbocycles. The third kappa shape index (κ3) is 3.58. The van der Waals surface area contributed by atoms with Gasteiger partial charge in [0.25, 0.3) is 0 Å². The van der Waals surface area contributed by atoms with Crippen molar-refractivity contribution in [3.8, 4) is 0 Å². The van der Waals surface area contributed by atoms with Gasteiger partial charge in [-0.15, -0.1) is 0 Å². The van der Waals surface area contributed by atoms with Crippen molar-refractivity contribution in [1.82, 2.24) is 0 Å². The van der Waals surface area contributed by atoms with Crippen LogP contribution in [0, 0.1) is 0 Å². The summed E-state index contributed by atoms with van der Waals surface area (Å²) in [6.45, 7) is 5.57. The van der Waals surface area contributed by atoms with Crippen LogP contribution in [0.25, 0.3) is 0 Å². The topological polar surface area (TPSA) is 61.8 Å². The van der Waals surface area contributed by atoms with Crippen LogP contribution in [-0.2, 0) is 16.4 Å².